The van der Waals surface area contributed by atoms with Gasteiger partial charge in [-0.05, 0) is 30.4 Å². The van der Waals surface area contributed by atoms with Gasteiger partial charge in [0.15, 0.2) is 0 Å². The number of rotatable bonds is 1. The van der Waals surface area contributed by atoms with Gasteiger partial charge in [0.25, 0.3) is 5.56 Å². The lowest BCUT2D eigenvalue weighted by Crippen LogP contribution is -2.25. The summed E-state index contributed by atoms with van der Waals surface area (Å²) in [6, 6.07) is 3.84. The van der Waals surface area contributed by atoms with Crippen molar-refractivity contribution in [2.75, 3.05) is 5.73 Å². The van der Waals surface area contributed by atoms with Crippen molar-refractivity contribution in [3.63, 3.8) is 0 Å². The first-order valence-electron chi connectivity index (χ1n) is 6.04. The molecule has 17 heavy (non-hydrogen) atoms. The molecule has 4 nitrogen and oxygen atoms in total. The Bertz CT molecular complexity index is 519. The fourth-order valence-corrected chi connectivity index (χ4v) is 2.58. The molecule has 90 valence electrons. The second kappa shape index (κ2) is 4.62. The van der Waals surface area contributed by atoms with E-state index in [1.807, 2.05) is 6.07 Å². The van der Waals surface area contributed by atoms with Crippen LogP contribution in [0.15, 0.2) is 10.9 Å². The average Bonchev–Trinajstić information content (AvgIpc) is 2.36. The highest BCUT2D eigenvalue weighted by Crippen LogP contribution is 2.34. The van der Waals surface area contributed by atoms with Crippen LogP contribution < -0.4 is 11.3 Å². The molecule has 0 spiro atoms. The van der Waals surface area contributed by atoms with Crippen molar-refractivity contribution in [3.8, 4) is 6.07 Å². The Morgan fingerprint density at radius 3 is 2.65 bits per heavy atom. The minimum atomic E-state index is -0.270. The van der Waals surface area contributed by atoms with Crippen molar-refractivity contribution in [3.05, 3.63) is 27.5 Å². The van der Waals surface area contributed by atoms with E-state index in [0.29, 0.717) is 11.7 Å². The molecular weight excluding hydrogens is 214 g/mol. The third kappa shape index (κ3) is 2.05. The predicted molar refractivity (Wildman–Crippen MR) is 66.6 cm³/mol. The Kier molecular flexibility index (Phi) is 3.19. The van der Waals surface area contributed by atoms with Gasteiger partial charge in [0.05, 0.1) is 0 Å². The topological polar surface area (TPSA) is 71.8 Å². The standard InChI is InChI=1S/C13H17N3O/c1-16-12(15)7-10(11(8-14)13(16)17)9-5-3-2-4-6-9/h7,9H,2-6,15H2,1H3. The first-order valence-corrected chi connectivity index (χ1v) is 6.04. The molecule has 0 saturated heterocycles. The molecule has 0 amide bonds. The number of pyridine rings is 1. The highest BCUT2D eigenvalue weighted by atomic mass is 16.1. The Hall–Kier alpha value is -1.76. The maximum absolute atomic E-state index is 11.9. The summed E-state index contributed by atoms with van der Waals surface area (Å²) in [4.78, 5) is 11.9. The van der Waals surface area contributed by atoms with Gasteiger partial charge in [-0.3, -0.25) is 9.36 Å². The van der Waals surface area contributed by atoms with Gasteiger partial charge >= 0.3 is 0 Å². The highest BCUT2D eigenvalue weighted by Gasteiger charge is 2.21. The number of nitriles is 1. The molecule has 1 fully saturated rings. The van der Waals surface area contributed by atoms with Crippen molar-refractivity contribution in [2.45, 2.75) is 38.0 Å². The van der Waals surface area contributed by atoms with E-state index in [4.69, 9.17) is 11.0 Å². The monoisotopic (exact) mass is 231 g/mol. The fraction of sp³-hybridized carbons (Fsp3) is 0.538. The molecule has 2 N–H and O–H groups in total. The van der Waals surface area contributed by atoms with E-state index in [9.17, 15) is 4.79 Å². The number of hydrogen-bond donors (Lipinski definition) is 1. The maximum Gasteiger partial charge on any atom is 0.270 e. The van der Waals surface area contributed by atoms with E-state index in [1.54, 1.807) is 13.1 Å². The highest BCUT2D eigenvalue weighted by molar-refractivity contribution is 5.46. The molecular formula is C13H17N3O. The van der Waals surface area contributed by atoms with E-state index in [2.05, 4.69) is 0 Å². The molecule has 0 aliphatic heterocycles. The smallest absolute Gasteiger partial charge is 0.270 e. The molecule has 2 rings (SSSR count). The van der Waals surface area contributed by atoms with Crippen molar-refractivity contribution in [1.29, 1.82) is 5.26 Å². The summed E-state index contributed by atoms with van der Waals surface area (Å²) in [5, 5.41) is 9.14. The quantitative estimate of drug-likeness (QED) is 0.802. The summed E-state index contributed by atoms with van der Waals surface area (Å²) >= 11 is 0. The zero-order valence-electron chi connectivity index (χ0n) is 10.1. The van der Waals surface area contributed by atoms with E-state index in [0.717, 1.165) is 18.4 Å². The van der Waals surface area contributed by atoms with Gasteiger partial charge < -0.3 is 5.73 Å². The van der Waals surface area contributed by atoms with Crippen LogP contribution in [0.4, 0.5) is 5.82 Å². The molecule has 1 aliphatic carbocycles. The maximum atomic E-state index is 11.9. The van der Waals surface area contributed by atoms with Crippen LogP contribution in [0.2, 0.25) is 0 Å². The van der Waals surface area contributed by atoms with E-state index in [1.165, 1.54) is 23.8 Å². The fourth-order valence-electron chi connectivity index (χ4n) is 2.58. The molecule has 0 unspecified atom stereocenters. The van der Waals surface area contributed by atoms with Gasteiger partial charge in [0, 0.05) is 7.05 Å². The van der Waals surface area contributed by atoms with Crippen LogP contribution >= 0.6 is 0 Å². The van der Waals surface area contributed by atoms with Crippen molar-refractivity contribution in [2.24, 2.45) is 7.05 Å². The van der Waals surface area contributed by atoms with Crippen LogP contribution in [0.25, 0.3) is 0 Å². The summed E-state index contributed by atoms with van der Waals surface area (Å²) in [7, 11) is 1.60. The number of nitrogens with zero attached hydrogens (tertiary/aromatic N) is 2. The summed E-state index contributed by atoms with van der Waals surface area (Å²) in [5.41, 5.74) is 6.66. The van der Waals surface area contributed by atoms with Crippen LogP contribution in [0.5, 0.6) is 0 Å². The molecule has 1 aromatic rings. The molecule has 0 radical (unpaired) electrons. The minimum Gasteiger partial charge on any atom is -0.385 e. The Morgan fingerprint density at radius 1 is 1.41 bits per heavy atom. The lowest BCUT2D eigenvalue weighted by Gasteiger charge is -2.23. The third-order valence-corrected chi connectivity index (χ3v) is 3.65. The first-order chi connectivity index (χ1) is 8.15. The van der Waals surface area contributed by atoms with Crippen LogP contribution in [0.3, 0.4) is 0 Å². The van der Waals surface area contributed by atoms with Crippen LogP contribution in [-0.2, 0) is 7.05 Å². The number of anilines is 1. The number of nitrogens with two attached hydrogens (primary N) is 1. The molecule has 0 atom stereocenters. The van der Waals surface area contributed by atoms with Gasteiger partial charge in [0.2, 0.25) is 0 Å². The van der Waals surface area contributed by atoms with Gasteiger partial charge in [0.1, 0.15) is 17.5 Å². The summed E-state index contributed by atoms with van der Waals surface area (Å²) < 4.78 is 1.34. The molecule has 1 saturated carbocycles. The average molecular weight is 231 g/mol. The molecule has 4 heteroatoms. The lowest BCUT2D eigenvalue weighted by atomic mass is 9.82. The van der Waals surface area contributed by atoms with Crippen molar-refractivity contribution >= 4 is 5.82 Å². The second-order valence-corrected chi connectivity index (χ2v) is 4.71. The van der Waals surface area contributed by atoms with Crippen LogP contribution in [0, 0.1) is 11.3 Å². The second-order valence-electron chi connectivity index (χ2n) is 4.71. The molecule has 0 aromatic carbocycles. The number of aromatic nitrogens is 1. The Balaban J connectivity index is 2.53. The van der Waals surface area contributed by atoms with Gasteiger partial charge in [-0.1, -0.05) is 19.3 Å². The number of nitrogen functional groups attached to an aromatic ring is 1. The van der Waals surface area contributed by atoms with Crippen LogP contribution in [-0.4, -0.2) is 4.57 Å². The summed E-state index contributed by atoms with van der Waals surface area (Å²) in [6.45, 7) is 0. The van der Waals surface area contributed by atoms with E-state index in [-0.39, 0.29) is 11.1 Å². The van der Waals surface area contributed by atoms with Gasteiger partial charge in [-0.25, -0.2) is 0 Å². The van der Waals surface area contributed by atoms with Gasteiger partial charge in [-0.15, -0.1) is 0 Å². The third-order valence-electron chi connectivity index (χ3n) is 3.65. The predicted octanol–water partition coefficient (Wildman–Crippen LogP) is 1.89. The molecule has 1 heterocycles. The van der Waals surface area contributed by atoms with E-state index < -0.39 is 0 Å². The zero-order valence-corrected chi connectivity index (χ0v) is 10.1. The zero-order chi connectivity index (χ0) is 12.4. The lowest BCUT2D eigenvalue weighted by molar-refractivity contribution is 0.442. The van der Waals surface area contributed by atoms with Crippen molar-refractivity contribution < 1.29 is 0 Å². The van der Waals surface area contributed by atoms with Crippen molar-refractivity contribution in [1.82, 2.24) is 4.57 Å². The summed E-state index contributed by atoms with van der Waals surface area (Å²) in [5.74, 6) is 0.768. The van der Waals surface area contributed by atoms with Crippen LogP contribution in [0.1, 0.15) is 49.1 Å². The largest absolute Gasteiger partial charge is 0.385 e. The Labute approximate surface area is 101 Å². The minimum absolute atomic E-state index is 0.270. The summed E-state index contributed by atoms with van der Waals surface area (Å²) in [6.07, 6.45) is 5.70. The first kappa shape index (κ1) is 11.7. The Morgan fingerprint density at radius 2 is 2.06 bits per heavy atom. The molecule has 1 aliphatic rings. The molecule has 1 aromatic heterocycles. The van der Waals surface area contributed by atoms with E-state index >= 15 is 0 Å². The number of hydrogen-bond acceptors (Lipinski definition) is 3. The SMILES string of the molecule is Cn1c(N)cc(C2CCCCC2)c(C#N)c1=O. The normalized spacial score (nSPS) is 16.7. The molecule has 0 bridgehead atoms. The van der Waals surface area contributed by atoms with Gasteiger partial charge in [-0.2, -0.15) is 5.26 Å².